The summed E-state index contributed by atoms with van der Waals surface area (Å²) in [5.41, 5.74) is 2.49. The van der Waals surface area contributed by atoms with Gasteiger partial charge in [0.15, 0.2) is 5.16 Å². The molecule has 0 saturated heterocycles. The summed E-state index contributed by atoms with van der Waals surface area (Å²) in [5.74, 6) is -0.119. The summed E-state index contributed by atoms with van der Waals surface area (Å²) < 4.78 is 1.71. The minimum atomic E-state index is -0.398. The van der Waals surface area contributed by atoms with Crippen molar-refractivity contribution in [3.63, 3.8) is 0 Å². The van der Waals surface area contributed by atoms with Crippen LogP contribution in [0, 0.1) is 6.92 Å². The van der Waals surface area contributed by atoms with Crippen LogP contribution < -0.4 is 10.9 Å². The second-order valence-electron chi connectivity index (χ2n) is 6.96. The van der Waals surface area contributed by atoms with Crippen molar-refractivity contribution >= 4 is 34.3 Å². The van der Waals surface area contributed by atoms with Gasteiger partial charge in [0.2, 0.25) is 5.91 Å². The van der Waals surface area contributed by atoms with Crippen molar-refractivity contribution in [2.75, 3.05) is 5.32 Å². The van der Waals surface area contributed by atoms with Gasteiger partial charge in [0.05, 0.1) is 16.2 Å². The van der Waals surface area contributed by atoms with E-state index in [0.717, 1.165) is 17.7 Å². The number of nitrogens with zero attached hydrogens (tertiary/aromatic N) is 2. The Morgan fingerprint density at radius 3 is 2.50 bits per heavy atom. The van der Waals surface area contributed by atoms with Gasteiger partial charge in [-0.05, 0) is 51.5 Å². The lowest BCUT2D eigenvalue weighted by molar-refractivity contribution is -0.115. The van der Waals surface area contributed by atoms with E-state index in [1.165, 1.54) is 11.8 Å². The molecule has 3 rings (SSSR count). The maximum atomic E-state index is 13.0. The first-order valence-corrected chi connectivity index (χ1v) is 10.3. The van der Waals surface area contributed by atoms with E-state index >= 15 is 0 Å². The number of hydrogen-bond acceptors (Lipinski definition) is 4. The molecule has 1 amide bonds. The van der Waals surface area contributed by atoms with Crippen LogP contribution in [0.25, 0.3) is 10.9 Å². The van der Waals surface area contributed by atoms with Crippen LogP contribution in [-0.2, 0) is 4.79 Å². The van der Waals surface area contributed by atoms with E-state index in [9.17, 15) is 9.59 Å². The van der Waals surface area contributed by atoms with E-state index in [0.29, 0.717) is 16.1 Å². The molecule has 146 valence electrons. The quantitative estimate of drug-likeness (QED) is 0.481. The maximum Gasteiger partial charge on any atom is 0.262 e. The van der Waals surface area contributed by atoms with E-state index in [4.69, 9.17) is 4.98 Å². The van der Waals surface area contributed by atoms with Crippen molar-refractivity contribution in [1.82, 2.24) is 9.55 Å². The summed E-state index contributed by atoms with van der Waals surface area (Å²) in [6, 6.07) is 15.0. The Morgan fingerprint density at radius 1 is 1.14 bits per heavy atom. The lowest BCUT2D eigenvalue weighted by Crippen LogP contribution is -2.28. The fourth-order valence-electron chi connectivity index (χ4n) is 2.87. The lowest BCUT2D eigenvalue weighted by atomic mass is 10.2. The van der Waals surface area contributed by atoms with Gasteiger partial charge in [-0.15, -0.1) is 0 Å². The van der Waals surface area contributed by atoms with Gasteiger partial charge < -0.3 is 5.32 Å². The highest BCUT2D eigenvalue weighted by atomic mass is 32.2. The summed E-state index contributed by atoms with van der Waals surface area (Å²) in [6.45, 7) is 7.87. The molecule has 0 saturated carbocycles. The van der Waals surface area contributed by atoms with Crippen molar-refractivity contribution in [3.8, 4) is 0 Å². The first-order valence-electron chi connectivity index (χ1n) is 9.46. The predicted molar refractivity (Wildman–Crippen MR) is 116 cm³/mol. The Morgan fingerprint density at radius 2 is 1.82 bits per heavy atom. The second-order valence-corrected chi connectivity index (χ2v) is 8.27. The molecule has 0 aliphatic rings. The highest BCUT2D eigenvalue weighted by molar-refractivity contribution is 8.00. The Labute approximate surface area is 169 Å². The number of aryl methyl sites for hydroxylation is 1. The topological polar surface area (TPSA) is 64.0 Å². The van der Waals surface area contributed by atoms with Crippen LogP contribution in [0.2, 0.25) is 0 Å². The third-order valence-electron chi connectivity index (χ3n) is 4.78. The zero-order chi connectivity index (χ0) is 20.3. The molecule has 1 N–H and O–H groups in total. The number of carbonyl (C=O) groups is 1. The smallest absolute Gasteiger partial charge is 0.262 e. The van der Waals surface area contributed by atoms with E-state index in [-0.39, 0.29) is 17.5 Å². The number of aromatic nitrogens is 2. The number of rotatable bonds is 6. The van der Waals surface area contributed by atoms with Gasteiger partial charge in [0, 0.05) is 11.7 Å². The molecule has 0 unspecified atom stereocenters. The van der Waals surface area contributed by atoms with Crippen LogP contribution >= 0.6 is 11.8 Å². The fraction of sp³-hybridized carbons (Fsp3) is 0.318. The maximum absolute atomic E-state index is 13.0. The standard InChI is InChI=1S/C22H25N3O2S/c1-5-15(3)25-21(27)18-8-6-7-9-19(18)24-22(25)28-16(4)20(26)23-17-12-10-14(2)11-13-17/h6-13,15-16H,5H2,1-4H3,(H,23,26)/t15-,16+/m1/s1. The molecule has 0 aliphatic carbocycles. The minimum absolute atomic E-state index is 0.000495. The zero-order valence-corrected chi connectivity index (χ0v) is 17.4. The molecule has 1 heterocycles. The van der Waals surface area contributed by atoms with E-state index in [1.807, 2.05) is 70.2 Å². The average molecular weight is 396 g/mol. The number of carbonyl (C=O) groups excluding carboxylic acids is 1. The van der Waals surface area contributed by atoms with Crippen LogP contribution in [0.1, 0.15) is 38.8 Å². The van der Waals surface area contributed by atoms with Crippen molar-refractivity contribution < 1.29 is 4.79 Å². The molecule has 0 fully saturated rings. The molecule has 0 radical (unpaired) electrons. The molecule has 2 aromatic carbocycles. The monoisotopic (exact) mass is 395 g/mol. The zero-order valence-electron chi connectivity index (χ0n) is 16.6. The Hall–Kier alpha value is -2.60. The molecule has 2 atom stereocenters. The highest BCUT2D eigenvalue weighted by Crippen LogP contribution is 2.26. The average Bonchev–Trinajstić information content (AvgIpc) is 2.69. The Balaban J connectivity index is 1.90. The number of benzene rings is 2. The summed E-state index contributed by atoms with van der Waals surface area (Å²) >= 11 is 1.31. The largest absolute Gasteiger partial charge is 0.325 e. The Kier molecular flexibility index (Phi) is 6.19. The molecule has 3 aromatic rings. The second kappa shape index (κ2) is 8.61. The molecule has 1 aromatic heterocycles. The molecule has 0 spiro atoms. The highest BCUT2D eigenvalue weighted by Gasteiger charge is 2.21. The lowest BCUT2D eigenvalue weighted by Gasteiger charge is -2.20. The normalized spacial score (nSPS) is 13.3. The number of thioether (sulfide) groups is 1. The van der Waals surface area contributed by atoms with Crippen molar-refractivity contribution in [1.29, 1.82) is 0 Å². The molecular formula is C22H25N3O2S. The van der Waals surface area contributed by atoms with E-state index < -0.39 is 5.25 Å². The van der Waals surface area contributed by atoms with Crippen molar-refractivity contribution in [2.24, 2.45) is 0 Å². The van der Waals surface area contributed by atoms with Gasteiger partial charge in [-0.25, -0.2) is 4.98 Å². The summed E-state index contributed by atoms with van der Waals surface area (Å²) in [7, 11) is 0. The van der Waals surface area contributed by atoms with Gasteiger partial charge in [0.1, 0.15) is 0 Å². The van der Waals surface area contributed by atoms with Gasteiger partial charge in [-0.3, -0.25) is 14.2 Å². The van der Waals surface area contributed by atoms with Gasteiger partial charge in [-0.1, -0.05) is 48.5 Å². The van der Waals surface area contributed by atoms with Gasteiger partial charge in [-0.2, -0.15) is 0 Å². The van der Waals surface area contributed by atoms with Crippen LogP contribution in [-0.4, -0.2) is 20.7 Å². The van der Waals surface area contributed by atoms with Gasteiger partial charge in [0.25, 0.3) is 5.56 Å². The fourth-order valence-corrected chi connectivity index (χ4v) is 3.88. The van der Waals surface area contributed by atoms with Crippen molar-refractivity contribution in [2.45, 2.75) is 50.6 Å². The molecule has 5 nitrogen and oxygen atoms in total. The minimum Gasteiger partial charge on any atom is -0.325 e. The third kappa shape index (κ3) is 4.28. The van der Waals surface area contributed by atoms with Crippen LogP contribution in [0.15, 0.2) is 58.5 Å². The van der Waals surface area contributed by atoms with E-state index in [2.05, 4.69) is 5.32 Å². The number of fused-ring (bicyclic) bond motifs is 1. The van der Waals surface area contributed by atoms with E-state index in [1.54, 1.807) is 10.6 Å². The SMILES string of the molecule is CC[C@@H](C)n1c(S[C@@H](C)C(=O)Nc2ccc(C)cc2)nc2ccccc2c1=O. The number of amides is 1. The molecule has 28 heavy (non-hydrogen) atoms. The predicted octanol–water partition coefficient (Wildman–Crippen LogP) is 4.80. The molecular weight excluding hydrogens is 370 g/mol. The number of nitrogens with one attached hydrogen (secondary N) is 1. The number of anilines is 1. The Bertz CT molecular complexity index is 1040. The number of hydrogen-bond donors (Lipinski definition) is 1. The summed E-state index contributed by atoms with van der Waals surface area (Å²) in [4.78, 5) is 30.4. The molecule has 0 bridgehead atoms. The first-order chi connectivity index (χ1) is 13.4. The summed E-state index contributed by atoms with van der Waals surface area (Å²) in [6.07, 6.45) is 0.803. The summed E-state index contributed by atoms with van der Waals surface area (Å²) in [5, 5.41) is 3.70. The van der Waals surface area contributed by atoms with Crippen LogP contribution in [0.5, 0.6) is 0 Å². The van der Waals surface area contributed by atoms with Gasteiger partial charge >= 0.3 is 0 Å². The van der Waals surface area contributed by atoms with Crippen LogP contribution in [0.3, 0.4) is 0 Å². The third-order valence-corrected chi connectivity index (χ3v) is 5.84. The van der Waals surface area contributed by atoms with Crippen molar-refractivity contribution in [3.05, 3.63) is 64.4 Å². The number of para-hydroxylation sites is 1. The first kappa shape index (κ1) is 20.1. The van der Waals surface area contributed by atoms with Crippen LogP contribution in [0.4, 0.5) is 5.69 Å². The molecule has 6 heteroatoms. The molecule has 0 aliphatic heterocycles.